The first kappa shape index (κ1) is 23.0. The Balaban J connectivity index is 1.64. The number of carbonyl (C=O) groups is 3. The normalized spacial score (nSPS) is 18.8. The highest BCUT2D eigenvalue weighted by Gasteiger charge is 2.40. The van der Waals surface area contributed by atoms with Gasteiger partial charge in [-0.15, -0.1) is 0 Å². The van der Waals surface area contributed by atoms with E-state index >= 15 is 0 Å². The van der Waals surface area contributed by atoms with Crippen LogP contribution in [0.15, 0.2) is 35.9 Å². The Morgan fingerprint density at radius 3 is 2.39 bits per heavy atom. The molecule has 0 bridgehead atoms. The maximum atomic E-state index is 13.2. The van der Waals surface area contributed by atoms with Crippen molar-refractivity contribution in [2.75, 3.05) is 0 Å². The second-order valence-electron chi connectivity index (χ2n) is 9.22. The van der Waals surface area contributed by atoms with Crippen LogP contribution in [0.4, 0.5) is 4.79 Å². The molecule has 1 saturated heterocycles. The van der Waals surface area contributed by atoms with Gasteiger partial charge in [0.05, 0.1) is 0 Å². The molecular formula is C27H33N3O3. The van der Waals surface area contributed by atoms with E-state index in [0.717, 1.165) is 61.2 Å². The highest BCUT2D eigenvalue weighted by atomic mass is 16.2. The zero-order chi connectivity index (χ0) is 23.5. The predicted octanol–water partition coefficient (Wildman–Crippen LogP) is 5.23. The van der Waals surface area contributed by atoms with E-state index in [1.54, 1.807) is 6.08 Å². The second kappa shape index (κ2) is 9.77. The molecule has 2 aromatic rings. The maximum Gasteiger partial charge on any atom is 0.331 e. The summed E-state index contributed by atoms with van der Waals surface area (Å²) in [6.07, 6.45) is 9.75. The molecule has 6 nitrogen and oxygen atoms in total. The number of urea groups is 1. The maximum absolute atomic E-state index is 13.2. The van der Waals surface area contributed by atoms with Crippen molar-refractivity contribution in [3.63, 3.8) is 0 Å². The number of nitrogens with one attached hydrogen (secondary N) is 1. The van der Waals surface area contributed by atoms with Crippen molar-refractivity contribution in [2.24, 2.45) is 0 Å². The Kier molecular flexibility index (Phi) is 6.82. The molecule has 4 rings (SSSR count). The van der Waals surface area contributed by atoms with Crippen LogP contribution in [0, 0.1) is 13.8 Å². The molecule has 1 aliphatic carbocycles. The SMILES string of the molecule is CCCCc1ccc(-n2c(C)cc(C=C3C(=O)NC(=O)N(C4CCCCC4)C3=O)c2C)cc1. The number of rotatable bonds is 6. The minimum absolute atomic E-state index is 0.0235. The second-order valence-corrected chi connectivity index (χ2v) is 9.22. The fraction of sp³-hybridized carbons (Fsp3) is 0.444. The number of nitrogens with zero attached hydrogens (tertiary/aromatic N) is 2. The van der Waals surface area contributed by atoms with Crippen LogP contribution in [0.2, 0.25) is 0 Å². The molecule has 1 aliphatic heterocycles. The average molecular weight is 448 g/mol. The van der Waals surface area contributed by atoms with Gasteiger partial charge in [0, 0.05) is 23.1 Å². The average Bonchev–Trinajstić information content (AvgIpc) is 3.09. The molecular weight excluding hydrogens is 414 g/mol. The number of barbiturate groups is 1. The van der Waals surface area contributed by atoms with Gasteiger partial charge in [0.2, 0.25) is 0 Å². The minimum atomic E-state index is -0.623. The molecule has 2 fully saturated rings. The lowest BCUT2D eigenvalue weighted by Crippen LogP contribution is -2.58. The van der Waals surface area contributed by atoms with E-state index in [1.807, 2.05) is 19.9 Å². The highest BCUT2D eigenvalue weighted by Crippen LogP contribution is 2.28. The first-order chi connectivity index (χ1) is 15.9. The largest absolute Gasteiger partial charge is 0.331 e. The van der Waals surface area contributed by atoms with Crippen molar-refractivity contribution in [3.8, 4) is 5.69 Å². The Bertz CT molecular complexity index is 1090. The molecule has 0 atom stereocenters. The summed E-state index contributed by atoms with van der Waals surface area (Å²) in [5.41, 5.74) is 5.16. The van der Waals surface area contributed by atoms with E-state index < -0.39 is 17.8 Å². The molecule has 0 spiro atoms. The van der Waals surface area contributed by atoms with E-state index in [4.69, 9.17) is 0 Å². The molecule has 0 unspecified atom stereocenters. The van der Waals surface area contributed by atoms with Gasteiger partial charge in [0.15, 0.2) is 0 Å². The fourth-order valence-electron chi connectivity index (χ4n) is 5.02. The van der Waals surface area contributed by atoms with E-state index in [9.17, 15) is 14.4 Å². The number of unbranched alkanes of at least 4 members (excludes halogenated alkanes) is 1. The lowest BCUT2D eigenvalue weighted by Gasteiger charge is -2.35. The van der Waals surface area contributed by atoms with Crippen molar-refractivity contribution in [2.45, 2.75) is 78.2 Å². The monoisotopic (exact) mass is 447 g/mol. The summed E-state index contributed by atoms with van der Waals surface area (Å²) in [7, 11) is 0. The standard InChI is InChI=1S/C27H33N3O3/c1-4-5-9-20-12-14-23(15-13-20)29-18(2)16-21(19(29)3)17-24-25(31)28-27(33)30(26(24)32)22-10-7-6-8-11-22/h12-17,22H,4-11H2,1-3H3,(H,28,31,33). The van der Waals surface area contributed by atoms with E-state index in [0.29, 0.717) is 0 Å². The Labute approximate surface area is 195 Å². The molecule has 6 heteroatoms. The van der Waals surface area contributed by atoms with Gasteiger partial charge in [-0.05, 0) is 74.9 Å². The van der Waals surface area contributed by atoms with Crippen molar-refractivity contribution < 1.29 is 14.4 Å². The third-order valence-corrected chi connectivity index (χ3v) is 6.86. The number of amides is 4. The first-order valence-corrected chi connectivity index (χ1v) is 12.1. The van der Waals surface area contributed by atoms with Crippen LogP contribution in [0.25, 0.3) is 11.8 Å². The summed E-state index contributed by atoms with van der Waals surface area (Å²) in [5, 5.41) is 2.38. The number of aromatic nitrogens is 1. The zero-order valence-electron chi connectivity index (χ0n) is 19.8. The van der Waals surface area contributed by atoms with Crippen LogP contribution < -0.4 is 5.32 Å². The molecule has 1 aromatic carbocycles. The third kappa shape index (κ3) is 4.65. The van der Waals surface area contributed by atoms with Crippen LogP contribution in [0.3, 0.4) is 0 Å². The predicted molar refractivity (Wildman–Crippen MR) is 129 cm³/mol. The van der Waals surface area contributed by atoms with E-state index in [1.165, 1.54) is 23.3 Å². The van der Waals surface area contributed by atoms with E-state index in [-0.39, 0.29) is 11.6 Å². The molecule has 174 valence electrons. The molecule has 1 N–H and O–H groups in total. The van der Waals surface area contributed by atoms with Crippen LogP contribution in [-0.2, 0) is 16.0 Å². The van der Waals surface area contributed by atoms with Gasteiger partial charge < -0.3 is 4.57 Å². The van der Waals surface area contributed by atoms with Crippen LogP contribution >= 0.6 is 0 Å². The number of carbonyl (C=O) groups excluding carboxylic acids is 3. The van der Waals surface area contributed by atoms with Gasteiger partial charge in [-0.2, -0.15) is 0 Å². The van der Waals surface area contributed by atoms with Crippen LogP contribution in [0.1, 0.15) is 74.4 Å². The number of hydrogen-bond acceptors (Lipinski definition) is 3. The zero-order valence-corrected chi connectivity index (χ0v) is 19.8. The van der Waals surface area contributed by atoms with Gasteiger partial charge in [-0.1, -0.05) is 44.7 Å². The summed E-state index contributed by atoms with van der Waals surface area (Å²) in [5.74, 6) is -1.11. The summed E-state index contributed by atoms with van der Waals surface area (Å²) in [6.45, 7) is 6.19. The summed E-state index contributed by atoms with van der Waals surface area (Å²) in [4.78, 5) is 39.5. The third-order valence-electron chi connectivity index (χ3n) is 6.86. The number of hydrogen-bond donors (Lipinski definition) is 1. The molecule has 33 heavy (non-hydrogen) atoms. The van der Waals surface area contributed by atoms with Crippen molar-refractivity contribution in [3.05, 3.63) is 58.4 Å². The molecule has 4 amide bonds. The van der Waals surface area contributed by atoms with Crippen molar-refractivity contribution in [1.82, 2.24) is 14.8 Å². The summed E-state index contributed by atoms with van der Waals surface area (Å²) < 4.78 is 2.13. The number of imide groups is 2. The van der Waals surface area contributed by atoms with Gasteiger partial charge in [0.25, 0.3) is 11.8 Å². The first-order valence-electron chi connectivity index (χ1n) is 12.1. The van der Waals surface area contributed by atoms with Crippen molar-refractivity contribution in [1.29, 1.82) is 0 Å². The Hall–Kier alpha value is -3.15. The molecule has 1 aromatic heterocycles. The Morgan fingerprint density at radius 2 is 1.73 bits per heavy atom. The molecule has 2 aliphatic rings. The quantitative estimate of drug-likeness (QED) is 0.487. The van der Waals surface area contributed by atoms with Crippen LogP contribution in [0.5, 0.6) is 0 Å². The van der Waals surface area contributed by atoms with E-state index in [2.05, 4.69) is 41.1 Å². The molecule has 1 saturated carbocycles. The summed E-state index contributed by atoms with van der Waals surface area (Å²) >= 11 is 0. The fourth-order valence-corrected chi connectivity index (χ4v) is 5.02. The highest BCUT2D eigenvalue weighted by molar-refractivity contribution is 6.31. The van der Waals surface area contributed by atoms with Gasteiger partial charge in [-0.3, -0.25) is 19.8 Å². The topological polar surface area (TPSA) is 71.4 Å². The van der Waals surface area contributed by atoms with Crippen molar-refractivity contribution >= 4 is 23.9 Å². The number of benzene rings is 1. The van der Waals surface area contributed by atoms with Gasteiger partial charge in [-0.25, -0.2) is 4.79 Å². The summed E-state index contributed by atoms with van der Waals surface area (Å²) in [6, 6.07) is 9.80. The lowest BCUT2D eigenvalue weighted by atomic mass is 9.93. The minimum Gasteiger partial charge on any atom is -0.318 e. The van der Waals surface area contributed by atoms with Gasteiger partial charge in [0.1, 0.15) is 5.57 Å². The smallest absolute Gasteiger partial charge is 0.318 e. The van der Waals surface area contributed by atoms with Crippen LogP contribution in [-0.4, -0.2) is 33.4 Å². The number of aryl methyl sites for hydroxylation is 2. The Morgan fingerprint density at radius 1 is 1.03 bits per heavy atom. The lowest BCUT2D eigenvalue weighted by molar-refractivity contribution is -0.132. The molecule has 0 radical (unpaired) electrons. The van der Waals surface area contributed by atoms with Gasteiger partial charge >= 0.3 is 6.03 Å². The molecule has 2 heterocycles.